The Morgan fingerprint density at radius 2 is 2.24 bits per heavy atom. The highest BCUT2D eigenvalue weighted by Crippen LogP contribution is 2.10. The maximum absolute atomic E-state index is 12.0. The highest BCUT2D eigenvalue weighted by atomic mass is 16.5. The Bertz CT molecular complexity index is 317. The van der Waals surface area contributed by atoms with Crippen LogP contribution in [0.3, 0.4) is 0 Å². The Morgan fingerprint density at radius 3 is 2.86 bits per heavy atom. The number of amides is 1. The summed E-state index contributed by atoms with van der Waals surface area (Å²) >= 11 is 0. The third kappa shape index (κ3) is 7.43. The minimum absolute atomic E-state index is 0.0406. The van der Waals surface area contributed by atoms with Gasteiger partial charge in [0, 0.05) is 25.6 Å². The Labute approximate surface area is 127 Å². The third-order valence-electron chi connectivity index (χ3n) is 3.75. The molecule has 1 amide bonds. The molecule has 1 aliphatic rings. The largest absolute Gasteiger partial charge is 0.469 e. The van der Waals surface area contributed by atoms with Crippen LogP contribution in [0.5, 0.6) is 0 Å². The summed E-state index contributed by atoms with van der Waals surface area (Å²) in [6.07, 6.45) is 4.35. The highest BCUT2D eigenvalue weighted by molar-refractivity contribution is 5.78. The van der Waals surface area contributed by atoms with E-state index in [0.29, 0.717) is 32.0 Å². The summed E-state index contributed by atoms with van der Waals surface area (Å²) in [5.74, 6) is -0.191. The number of methoxy groups -OCH3 is 1. The normalized spacial score (nSPS) is 18.5. The fourth-order valence-electron chi connectivity index (χ4n) is 2.63. The molecule has 1 rings (SSSR count). The molecule has 6 heteroatoms. The van der Waals surface area contributed by atoms with Crippen molar-refractivity contribution in [2.24, 2.45) is 0 Å². The van der Waals surface area contributed by atoms with E-state index in [1.54, 1.807) is 0 Å². The van der Waals surface area contributed by atoms with Crippen LogP contribution >= 0.6 is 0 Å². The van der Waals surface area contributed by atoms with Gasteiger partial charge in [-0.1, -0.05) is 6.92 Å². The van der Waals surface area contributed by atoms with Crippen molar-refractivity contribution >= 4 is 11.9 Å². The van der Waals surface area contributed by atoms with Gasteiger partial charge in [0.25, 0.3) is 0 Å². The van der Waals surface area contributed by atoms with E-state index in [2.05, 4.69) is 27.2 Å². The van der Waals surface area contributed by atoms with Gasteiger partial charge in [-0.25, -0.2) is 0 Å². The van der Waals surface area contributed by atoms with Crippen LogP contribution in [-0.2, 0) is 14.3 Å². The molecule has 0 aromatic heterocycles. The van der Waals surface area contributed by atoms with Crippen molar-refractivity contribution < 1.29 is 14.3 Å². The third-order valence-corrected chi connectivity index (χ3v) is 3.75. The molecule has 1 heterocycles. The summed E-state index contributed by atoms with van der Waals surface area (Å²) < 4.78 is 4.57. The molecule has 0 aromatic carbocycles. The Balaban J connectivity index is 2.26. The van der Waals surface area contributed by atoms with Crippen LogP contribution in [0.15, 0.2) is 0 Å². The lowest BCUT2D eigenvalue weighted by atomic mass is 10.1. The van der Waals surface area contributed by atoms with E-state index < -0.39 is 0 Å². The summed E-state index contributed by atoms with van der Waals surface area (Å²) in [5, 5.41) is 6.27. The van der Waals surface area contributed by atoms with E-state index in [9.17, 15) is 9.59 Å². The molecular weight excluding hydrogens is 270 g/mol. The standard InChI is InChI=1S/C15H29N3O3/c1-3-10-18(13-6-4-8-16-11-13)12-14(19)17-9-5-7-15(20)21-2/h13,16H,3-12H2,1-2H3,(H,17,19). The quantitative estimate of drug-likeness (QED) is 0.480. The van der Waals surface area contributed by atoms with Gasteiger partial charge in [0.05, 0.1) is 13.7 Å². The highest BCUT2D eigenvalue weighted by Gasteiger charge is 2.22. The molecule has 122 valence electrons. The molecule has 0 radical (unpaired) electrons. The molecule has 0 bridgehead atoms. The maximum atomic E-state index is 12.0. The Hall–Kier alpha value is -1.14. The monoisotopic (exact) mass is 299 g/mol. The van der Waals surface area contributed by atoms with Crippen molar-refractivity contribution in [1.82, 2.24) is 15.5 Å². The number of ether oxygens (including phenoxy) is 1. The van der Waals surface area contributed by atoms with Crippen molar-refractivity contribution in [3.8, 4) is 0 Å². The minimum atomic E-state index is -0.231. The zero-order valence-electron chi connectivity index (χ0n) is 13.3. The van der Waals surface area contributed by atoms with Gasteiger partial charge in [-0.2, -0.15) is 0 Å². The van der Waals surface area contributed by atoms with Gasteiger partial charge in [0.15, 0.2) is 0 Å². The van der Waals surface area contributed by atoms with Gasteiger partial charge in [-0.3, -0.25) is 14.5 Å². The zero-order valence-corrected chi connectivity index (χ0v) is 13.3. The van der Waals surface area contributed by atoms with E-state index in [1.165, 1.54) is 13.5 Å². The van der Waals surface area contributed by atoms with E-state index in [-0.39, 0.29) is 11.9 Å². The second kappa shape index (κ2) is 10.6. The van der Waals surface area contributed by atoms with Crippen molar-refractivity contribution in [2.75, 3.05) is 39.8 Å². The van der Waals surface area contributed by atoms with Gasteiger partial charge >= 0.3 is 5.97 Å². The van der Waals surface area contributed by atoms with Crippen LogP contribution in [0.2, 0.25) is 0 Å². The van der Waals surface area contributed by atoms with E-state index in [4.69, 9.17) is 0 Å². The first-order chi connectivity index (χ1) is 10.2. The second-order valence-corrected chi connectivity index (χ2v) is 5.50. The topological polar surface area (TPSA) is 70.7 Å². The molecule has 6 nitrogen and oxygen atoms in total. The van der Waals surface area contributed by atoms with Crippen molar-refractivity contribution in [3.63, 3.8) is 0 Å². The zero-order chi connectivity index (χ0) is 15.5. The number of nitrogens with one attached hydrogen (secondary N) is 2. The Morgan fingerprint density at radius 1 is 1.43 bits per heavy atom. The van der Waals surface area contributed by atoms with Crippen LogP contribution in [0.1, 0.15) is 39.0 Å². The summed E-state index contributed by atoms with van der Waals surface area (Å²) in [6, 6.07) is 0.458. The minimum Gasteiger partial charge on any atom is -0.469 e. The number of carbonyl (C=O) groups excluding carboxylic acids is 2. The molecule has 0 saturated carbocycles. The van der Waals surface area contributed by atoms with Crippen LogP contribution < -0.4 is 10.6 Å². The predicted molar refractivity (Wildman–Crippen MR) is 82.0 cm³/mol. The molecular formula is C15H29N3O3. The van der Waals surface area contributed by atoms with E-state index in [0.717, 1.165) is 32.5 Å². The molecule has 0 aliphatic carbocycles. The smallest absolute Gasteiger partial charge is 0.305 e. The van der Waals surface area contributed by atoms with Gasteiger partial charge in [-0.15, -0.1) is 0 Å². The van der Waals surface area contributed by atoms with Crippen LogP contribution in [0.25, 0.3) is 0 Å². The summed E-state index contributed by atoms with van der Waals surface area (Å²) in [5.41, 5.74) is 0. The number of hydrogen-bond donors (Lipinski definition) is 2. The lowest BCUT2D eigenvalue weighted by Crippen LogP contribution is -2.49. The first kappa shape index (κ1) is 17.9. The van der Waals surface area contributed by atoms with Gasteiger partial charge in [0.1, 0.15) is 0 Å². The molecule has 1 saturated heterocycles. The molecule has 1 fully saturated rings. The predicted octanol–water partition coefficient (Wildman–Crippen LogP) is 0.520. The van der Waals surface area contributed by atoms with Crippen LogP contribution in [0.4, 0.5) is 0 Å². The van der Waals surface area contributed by atoms with Crippen molar-refractivity contribution in [2.45, 2.75) is 45.1 Å². The molecule has 2 N–H and O–H groups in total. The number of hydrogen-bond acceptors (Lipinski definition) is 5. The number of carbonyl (C=O) groups is 2. The van der Waals surface area contributed by atoms with Gasteiger partial charge < -0.3 is 15.4 Å². The number of esters is 1. The second-order valence-electron chi connectivity index (χ2n) is 5.50. The summed E-state index contributed by atoms with van der Waals surface area (Å²) in [4.78, 5) is 25.2. The van der Waals surface area contributed by atoms with E-state index in [1.807, 2.05) is 0 Å². The van der Waals surface area contributed by atoms with Crippen molar-refractivity contribution in [1.29, 1.82) is 0 Å². The Kier molecular flexibility index (Phi) is 9.01. The molecule has 0 aromatic rings. The van der Waals surface area contributed by atoms with Crippen molar-refractivity contribution in [3.05, 3.63) is 0 Å². The molecule has 1 atom stereocenters. The van der Waals surface area contributed by atoms with Crippen LogP contribution in [0, 0.1) is 0 Å². The SMILES string of the molecule is CCCN(CC(=O)NCCCC(=O)OC)C1CCCNC1. The molecule has 1 unspecified atom stereocenters. The first-order valence-corrected chi connectivity index (χ1v) is 7.95. The number of rotatable bonds is 9. The first-order valence-electron chi connectivity index (χ1n) is 7.95. The molecule has 0 spiro atoms. The number of nitrogens with zero attached hydrogens (tertiary/aromatic N) is 1. The average molecular weight is 299 g/mol. The molecule has 1 aliphatic heterocycles. The number of piperidine rings is 1. The summed E-state index contributed by atoms with van der Waals surface area (Å²) in [7, 11) is 1.38. The summed E-state index contributed by atoms with van der Waals surface area (Å²) in [6.45, 7) is 6.10. The van der Waals surface area contributed by atoms with E-state index >= 15 is 0 Å². The average Bonchev–Trinajstić information content (AvgIpc) is 2.51. The van der Waals surface area contributed by atoms with Gasteiger partial charge in [-0.05, 0) is 38.8 Å². The lowest BCUT2D eigenvalue weighted by Gasteiger charge is -2.34. The fraction of sp³-hybridized carbons (Fsp3) is 0.867. The lowest BCUT2D eigenvalue weighted by molar-refractivity contribution is -0.140. The van der Waals surface area contributed by atoms with Crippen LogP contribution in [-0.4, -0.2) is 62.7 Å². The molecule has 21 heavy (non-hydrogen) atoms. The maximum Gasteiger partial charge on any atom is 0.305 e. The van der Waals surface area contributed by atoms with Gasteiger partial charge in [0.2, 0.25) is 5.91 Å². The fourth-order valence-corrected chi connectivity index (χ4v) is 2.63.